The van der Waals surface area contributed by atoms with E-state index < -0.39 is 21.1 Å². The smallest absolute Gasteiger partial charge is 0.303 e. The minimum absolute atomic E-state index is 0.0517. The largest absolute Gasteiger partial charge is 0.481 e. The van der Waals surface area contributed by atoms with Crippen LogP contribution in [0.5, 0.6) is 0 Å². The summed E-state index contributed by atoms with van der Waals surface area (Å²) in [5, 5.41) is 8.09. The van der Waals surface area contributed by atoms with E-state index in [0.717, 1.165) is 0 Å². The summed E-state index contributed by atoms with van der Waals surface area (Å²) in [7, 11) is -3.00. The zero-order valence-electron chi connectivity index (χ0n) is 7.56. The second-order valence-electron chi connectivity index (χ2n) is 3.62. The van der Waals surface area contributed by atoms with Crippen LogP contribution in [0.4, 0.5) is 0 Å². The van der Waals surface area contributed by atoms with Crippen molar-refractivity contribution in [3.63, 3.8) is 0 Å². The molecule has 1 heterocycles. The molecule has 13 heavy (non-hydrogen) atoms. The van der Waals surface area contributed by atoms with E-state index in [9.17, 15) is 13.2 Å². The van der Waals surface area contributed by atoms with Crippen LogP contribution in [0.3, 0.4) is 0 Å². The van der Waals surface area contributed by atoms with Gasteiger partial charge in [-0.15, -0.1) is 0 Å². The molecule has 0 radical (unpaired) electrons. The Balaban J connectivity index is 2.67. The van der Waals surface area contributed by atoms with Crippen molar-refractivity contribution in [2.75, 3.05) is 5.75 Å². The lowest BCUT2D eigenvalue weighted by Gasteiger charge is -2.15. The van der Waals surface area contributed by atoms with Gasteiger partial charge in [0.1, 0.15) is 0 Å². The fourth-order valence-electron chi connectivity index (χ4n) is 1.86. The number of carboxylic acids is 1. The van der Waals surface area contributed by atoms with E-state index in [-0.39, 0.29) is 18.1 Å². The van der Waals surface area contributed by atoms with Gasteiger partial charge in [-0.1, -0.05) is 6.92 Å². The molecule has 5 heteroatoms. The number of carboxylic acid groups (broad SMARTS) is 1. The maximum absolute atomic E-state index is 11.4. The summed E-state index contributed by atoms with van der Waals surface area (Å²) >= 11 is 0. The Kier molecular flexibility index (Phi) is 2.95. The summed E-state index contributed by atoms with van der Waals surface area (Å²) in [6, 6.07) is 0. The number of carbonyl (C=O) groups is 1. The second kappa shape index (κ2) is 3.65. The number of hydrogen-bond donors (Lipinski definition) is 1. The first kappa shape index (κ1) is 10.5. The molecule has 1 fully saturated rings. The van der Waals surface area contributed by atoms with Crippen LogP contribution >= 0.6 is 0 Å². The third-order valence-corrected chi connectivity index (χ3v) is 4.99. The number of hydrogen-bond acceptors (Lipinski definition) is 3. The third kappa shape index (κ3) is 2.43. The molecule has 1 aliphatic heterocycles. The second-order valence-corrected chi connectivity index (χ2v) is 5.96. The van der Waals surface area contributed by atoms with Gasteiger partial charge in [0.2, 0.25) is 0 Å². The highest BCUT2D eigenvalue weighted by Crippen LogP contribution is 2.28. The zero-order valence-corrected chi connectivity index (χ0v) is 8.38. The summed E-state index contributed by atoms with van der Waals surface area (Å²) in [4.78, 5) is 10.4. The highest BCUT2D eigenvalue weighted by Gasteiger charge is 2.36. The summed E-state index contributed by atoms with van der Waals surface area (Å²) < 4.78 is 22.8. The van der Waals surface area contributed by atoms with Crippen molar-refractivity contribution in [1.82, 2.24) is 0 Å². The van der Waals surface area contributed by atoms with Gasteiger partial charge in [-0.05, 0) is 18.8 Å². The van der Waals surface area contributed by atoms with E-state index in [1.54, 1.807) is 6.92 Å². The zero-order chi connectivity index (χ0) is 10.1. The lowest BCUT2D eigenvalue weighted by Crippen LogP contribution is -2.25. The maximum atomic E-state index is 11.4. The topological polar surface area (TPSA) is 71.4 Å². The molecule has 0 aliphatic carbocycles. The molecule has 0 aromatic rings. The third-order valence-electron chi connectivity index (χ3n) is 2.51. The van der Waals surface area contributed by atoms with Crippen LogP contribution in [-0.2, 0) is 14.6 Å². The Morgan fingerprint density at radius 2 is 2.23 bits per heavy atom. The summed E-state index contributed by atoms with van der Waals surface area (Å²) in [5.74, 6) is -0.957. The van der Waals surface area contributed by atoms with Gasteiger partial charge in [0, 0.05) is 6.42 Å². The van der Waals surface area contributed by atoms with Crippen LogP contribution in [0.25, 0.3) is 0 Å². The van der Waals surface area contributed by atoms with Crippen molar-refractivity contribution in [2.45, 2.75) is 31.4 Å². The molecular formula is C8H14O4S. The number of aliphatic carboxylic acids is 1. The fraction of sp³-hybridized carbons (Fsp3) is 0.875. The first-order valence-electron chi connectivity index (χ1n) is 4.37. The Morgan fingerprint density at radius 3 is 2.62 bits per heavy atom. The minimum Gasteiger partial charge on any atom is -0.481 e. The molecule has 2 atom stereocenters. The average molecular weight is 206 g/mol. The molecule has 1 aliphatic rings. The SMILES string of the molecule is CC(CC(=O)O)C1CCCS1(=O)=O. The molecule has 0 spiro atoms. The Morgan fingerprint density at radius 1 is 1.62 bits per heavy atom. The molecule has 0 bridgehead atoms. The van der Waals surface area contributed by atoms with Crippen molar-refractivity contribution in [3.05, 3.63) is 0 Å². The van der Waals surface area contributed by atoms with Gasteiger partial charge in [-0.25, -0.2) is 8.42 Å². The Labute approximate surface area is 77.9 Å². The van der Waals surface area contributed by atoms with E-state index in [0.29, 0.717) is 12.8 Å². The highest BCUT2D eigenvalue weighted by atomic mass is 32.2. The van der Waals surface area contributed by atoms with Crippen molar-refractivity contribution in [1.29, 1.82) is 0 Å². The first-order valence-corrected chi connectivity index (χ1v) is 6.08. The first-order chi connectivity index (χ1) is 5.93. The normalized spacial score (nSPS) is 28.5. The van der Waals surface area contributed by atoms with E-state index in [4.69, 9.17) is 5.11 Å². The fourth-order valence-corrected chi connectivity index (χ4v) is 4.06. The van der Waals surface area contributed by atoms with E-state index in [1.807, 2.05) is 0 Å². The van der Waals surface area contributed by atoms with Crippen molar-refractivity contribution < 1.29 is 18.3 Å². The monoisotopic (exact) mass is 206 g/mol. The van der Waals surface area contributed by atoms with Gasteiger partial charge in [-0.3, -0.25) is 4.79 Å². The van der Waals surface area contributed by atoms with E-state index >= 15 is 0 Å². The molecule has 2 unspecified atom stereocenters. The van der Waals surface area contributed by atoms with E-state index in [2.05, 4.69) is 0 Å². The van der Waals surface area contributed by atoms with Gasteiger partial charge >= 0.3 is 5.97 Å². The average Bonchev–Trinajstić information content (AvgIpc) is 2.27. The summed E-state index contributed by atoms with van der Waals surface area (Å²) in [6.07, 6.45) is 1.25. The van der Waals surface area contributed by atoms with Gasteiger partial charge in [-0.2, -0.15) is 0 Å². The number of rotatable bonds is 3. The molecule has 0 aromatic heterocycles. The van der Waals surface area contributed by atoms with Gasteiger partial charge < -0.3 is 5.11 Å². The molecule has 1 N–H and O–H groups in total. The quantitative estimate of drug-likeness (QED) is 0.736. The molecule has 76 valence electrons. The van der Waals surface area contributed by atoms with Crippen LogP contribution in [0.15, 0.2) is 0 Å². The van der Waals surface area contributed by atoms with Crippen molar-refractivity contribution in [2.24, 2.45) is 5.92 Å². The van der Waals surface area contributed by atoms with Gasteiger partial charge in [0.05, 0.1) is 11.0 Å². The number of sulfone groups is 1. The highest BCUT2D eigenvalue weighted by molar-refractivity contribution is 7.92. The molecule has 1 saturated heterocycles. The maximum Gasteiger partial charge on any atom is 0.303 e. The van der Waals surface area contributed by atoms with Crippen LogP contribution in [0, 0.1) is 5.92 Å². The predicted octanol–water partition coefficient (Wildman–Crippen LogP) is 0.674. The molecule has 0 saturated carbocycles. The van der Waals surface area contributed by atoms with Crippen molar-refractivity contribution >= 4 is 15.8 Å². The Bertz CT molecular complexity index is 293. The predicted molar refractivity (Wildman–Crippen MR) is 48.2 cm³/mol. The Hall–Kier alpha value is -0.580. The molecule has 0 amide bonds. The lowest BCUT2D eigenvalue weighted by molar-refractivity contribution is -0.137. The van der Waals surface area contributed by atoms with Crippen LogP contribution in [-0.4, -0.2) is 30.5 Å². The standard InChI is InChI=1S/C8H14O4S/c1-6(5-8(9)10)7-3-2-4-13(7,11)12/h6-7H,2-5H2,1H3,(H,9,10). The van der Waals surface area contributed by atoms with Crippen molar-refractivity contribution in [3.8, 4) is 0 Å². The molecule has 4 nitrogen and oxygen atoms in total. The lowest BCUT2D eigenvalue weighted by atomic mass is 10.0. The summed E-state index contributed by atoms with van der Waals surface area (Å²) in [6.45, 7) is 1.70. The van der Waals surface area contributed by atoms with Gasteiger partial charge in [0.15, 0.2) is 9.84 Å². The van der Waals surface area contributed by atoms with E-state index in [1.165, 1.54) is 0 Å². The molecular weight excluding hydrogens is 192 g/mol. The molecule has 1 rings (SSSR count). The minimum atomic E-state index is -3.00. The van der Waals surface area contributed by atoms with Gasteiger partial charge in [0.25, 0.3) is 0 Å². The van der Waals surface area contributed by atoms with Crippen LogP contribution in [0.1, 0.15) is 26.2 Å². The molecule has 0 aromatic carbocycles. The van der Waals surface area contributed by atoms with Crippen LogP contribution in [0.2, 0.25) is 0 Å². The van der Waals surface area contributed by atoms with Crippen LogP contribution < -0.4 is 0 Å². The summed E-state index contributed by atoms with van der Waals surface area (Å²) in [5.41, 5.74) is 0.